The molecule has 258 valence electrons. The smallest absolute Gasteiger partial charge is 0.212 e. The van der Waals surface area contributed by atoms with Gasteiger partial charge in [-0.15, -0.1) is 0 Å². The van der Waals surface area contributed by atoms with Crippen molar-refractivity contribution in [1.29, 1.82) is 0 Å². The third-order valence-corrected chi connectivity index (χ3v) is 11.3. The molecule has 53 heavy (non-hydrogen) atoms. The van der Waals surface area contributed by atoms with Crippen molar-refractivity contribution in [1.82, 2.24) is 9.97 Å². The van der Waals surface area contributed by atoms with Crippen LogP contribution >= 0.6 is 0 Å². The van der Waals surface area contributed by atoms with Crippen LogP contribution in [0.1, 0.15) is 41.9 Å². The second-order valence-electron chi connectivity index (χ2n) is 14.7. The molecule has 1 saturated heterocycles. The first-order chi connectivity index (χ1) is 26.0. The molecule has 7 aromatic rings. The van der Waals surface area contributed by atoms with E-state index in [1.54, 1.807) is 0 Å². The molecule has 1 aliphatic carbocycles. The highest BCUT2D eigenvalue weighted by molar-refractivity contribution is 6.08. The Kier molecular flexibility index (Phi) is 7.34. The number of fused-ring (bicyclic) bond motifs is 8. The minimum Gasteiger partial charge on any atom is -0.469 e. The normalized spacial score (nSPS) is 18.3. The minimum absolute atomic E-state index is 0.224. The summed E-state index contributed by atoms with van der Waals surface area (Å²) in [6, 6.07) is 49.1. The van der Waals surface area contributed by atoms with E-state index >= 15 is 0 Å². The summed E-state index contributed by atoms with van der Waals surface area (Å²) in [5, 5.41) is 2.27. The van der Waals surface area contributed by atoms with Crippen molar-refractivity contribution in [2.75, 3.05) is 31.2 Å². The SMILES string of the molecule is CC1(C)c2ccccc2-c2c1c1c(c3ccccc23)OC(c2ccc(N3CCOCC3)cc2)(c2nc(-c3ccccc3)cc(-c3ccccc3)n2)C=C1. The summed E-state index contributed by atoms with van der Waals surface area (Å²) in [6.07, 6.45) is 4.49. The van der Waals surface area contributed by atoms with E-state index in [9.17, 15) is 0 Å². The summed E-state index contributed by atoms with van der Waals surface area (Å²) in [5.74, 6) is 1.45. The maximum Gasteiger partial charge on any atom is 0.212 e. The fourth-order valence-corrected chi connectivity index (χ4v) is 8.67. The Morgan fingerprint density at radius 2 is 1.25 bits per heavy atom. The van der Waals surface area contributed by atoms with Crippen LogP contribution in [0.25, 0.3) is 50.5 Å². The first kappa shape index (κ1) is 31.7. The molecule has 0 radical (unpaired) electrons. The van der Waals surface area contributed by atoms with Gasteiger partial charge in [-0.3, -0.25) is 0 Å². The fourth-order valence-electron chi connectivity index (χ4n) is 8.67. The summed E-state index contributed by atoms with van der Waals surface area (Å²) in [6.45, 7) is 7.87. The van der Waals surface area contributed by atoms with Crippen LogP contribution in [0.15, 0.2) is 146 Å². The second-order valence-corrected chi connectivity index (χ2v) is 14.7. The van der Waals surface area contributed by atoms with Gasteiger partial charge in [0, 0.05) is 51.8 Å². The topological polar surface area (TPSA) is 47.5 Å². The van der Waals surface area contributed by atoms with Crippen LogP contribution in [0, 0.1) is 0 Å². The Balaban J connectivity index is 1.24. The Bertz CT molecular complexity index is 2480. The highest BCUT2D eigenvalue weighted by Gasteiger charge is 2.45. The number of ether oxygens (including phenoxy) is 2. The molecule has 3 aliphatic rings. The molecule has 1 unspecified atom stereocenters. The van der Waals surface area contributed by atoms with Crippen molar-refractivity contribution in [3.63, 3.8) is 0 Å². The molecule has 5 nitrogen and oxygen atoms in total. The summed E-state index contributed by atoms with van der Waals surface area (Å²) in [7, 11) is 0. The van der Waals surface area contributed by atoms with Gasteiger partial charge in [0.05, 0.1) is 24.6 Å². The van der Waals surface area contributed by atoms with Crippen LogP contribution in [-0.2, 0) is 15.8 Å². The van der Waals surface area contributed by atoms with Gasteiger partial charge >= 0.3 is 0 Å². The average molecular weight is 690 g/mol. The van der Waals surface area contributed by atoms with E-state index in [0.717, 1.165) is 71.1 Å². The zero-order valence-electron chi connectivity index (χ0n) is 29.9. The predicted octanol–water partition coefficient (Wildman–Crippen LogP) is 10.5. The number of rotatable bonds is 5. The van der Waals surface area contributed by atoms with Crippen LogP contribution in [0.2, 0.25) is 0 Å². The van der Waals surface area contributed by atoms with Gasteiger partial charge < -0.3 is 14.4 Å². The summed E-state index contributed by atoms with van der Waals surface area (Å²) in [4.78, 5) is 13.2. The molecule has 1 fully saturated rings. The van der Waals surface area contributed by atoms with Gasteiger partial charge in [-0.2, -0.15) is 0 Å². The lowest BCUT2D eigenvalue weighted by Crippen LogP contribution is -2.38. The number of morpholine rings is 1. The number of hydrogen-bond acceptors (Lipinski definition) is 5. The van der Waals surface area contributed by atoms with Crippen molar-refractivity contribution < 1.29 is 9.47 Å². The lowest BCUT2D eigenvalue weighted by molar-refractivity contribution is 0.122. The molecule has 0 spiro atoms. The molecule has 1 atom stereocenters. The van der Waals surface area contributed by atoms with E-state index in [4.69, 9.17) is 19.4 Å². The van der Waals surface area contributed by atoms with Gasteiger partial charge in [0.15, 0.2) is 5.82 Å². The Labute approximate surface area is 310 Å². The lowest BCUT2D eigenvalue weighted by atomic mass is 9.77. The first-order valence-corrected chi connectivity index (χ1v) is 18.5. The van der Waals surface area contributed by atoms with Gasteiger partial charge in [-0.05, 0) is 51.9 Å². The number of aromatic nitrogens is 2. The van der Waals surface area contributed by atoms with E-state index in [1.807, 2.05) is 12.1 Å². The van der Waals surface area contributed by atoms with Gasteiger partial charge in [0.1, 0.15) is 5.75 Å². The van der Waals surface area contributed by atoms with Crippen molar-refractivity contribution in [2.45, 2.75) is 24.9 Å². The molecule has 0 saturated carbocycles. The molecule has 6 aromatic carbocycles. The third kappa shape index (κ3) is 5.02. The predicted molar refractivity (Wildman–Crippen MR) is 214 cm³/mol. The largest absolute Gasteiger partial charge is 0.469 e. The van der Waals surface area contributed by atoms with E-state index in [-0.39, 0.29) is 5.41 Å². The highest BCUT2D eigenvalue weighted by Crippen LogP contribution is 2.58. The average Bonchev–Trinajstić information content (AvgIpc) is 3.48. The zero-order valence-corrected chi connectivity index (χ0v) is 29.9. The number of nitrogens with zero attached hydrogens (tertiary/aromatic N) is 3. The van der Waals surface area contributed by atoms with Crippen molar-refractivity contribution in [3.05, 3.63) is 174 Å². The Morgan fingerprint density at radius 1 is 0.642 bits per heavy atom. The maximum atomic E-state index is 7.64. The van der Waals surface area contributed by atoms with Crippen molar-refractivity contribution in [2.24, 2.45) is 0 Å². The molecule has 0 bridgehead atoms. The first-order valence-electron chi connectivity index (χ1n) is 18.5. The van der Waals surface area contributed by atoms with Crippen molar-refractivity contribution >= 4 is 22.5 Å². The summed E-state index contributed by atoms with van der Waals surface area (Å²) < 4.78 is 13.3. The summed E-state index contributed by atoms with van der Waals surface area (Å²) >= 11 is 0. The molecular weight excluding hydrogens is 651 g/mol. The minimum atomic E-state index is -1.13. The molecule has 10 rings (SSSR count). The van der Waals surface area contributed by atoms with E-state index in [1.165, 1.54) is 33.3 Å². The molecule has 0 N–H and O–H groups in total. The summed E-state index contributed by atoms with van der Waals surface area (Å²) in [5.41, 5.74) is 10.8. The van der Waals surface area contributed by atoms with Gasteiger partial charge in [0.2, 0.25) is 5.60 Å². The molecule has 0 amide bonds. The van der Waals surface area contributed by atoms with Crippen LogP contribution < -0.4 is 9.64 Å². The monoisotopic (exact) mass is 689 g/mol. The van der Waals surface area contributed by atoms with Crippen LogP contribution in [0.4, 0.5) is 5.69 Å². The number of benzene rings is 6. The van der Waals surface area contributed by atoms with Gasteiger partial charge in [-0.25, -0.2) is 9.97 Å². The maximum absolute atomic E-state index is 7.64. The van der Waals surface area contributed by atoms with Gasteiger partial charge in [0.25, 0.3) is 0 Å². The molecule has 5 heteroatoms. The quantitative estimate of drug-likeness (QED) is 0.180. The third-order valence-electron chi connectivity index (χ3n) is 11.3. The number of anilines is 1. The van der Waals surface area contributed by atoms with E-state index in [2.05, 4.69) is 158 Å². The van der Waals surface area contributed by atoms with Crippen LogP contribution in [-0.4, -0.2) is 36.3 Å². The second kappa shape index (κ2) is 12.3. The van der Waals surface area contributed by atoms with Crippen LogP contribution in [0.3, 0.4) is 0 Å². The standard InChI is InChI=1S/C48H39N3O2/c1-47(2)40-20-12-11-19-38(40)43-36-17-9-10-18-37(36)45-39(44(43)47)25-26-48(53-45,34-21-23-35(24-22-34)51-27-29-52-30-28-51)46-49-41(32-13-5-3-6-14-32)31-42(50-46)33-15-7-4-8-16-33/h3-26,31H,27-30H2,1-2H3. The van der Waals surface area contributed by atoms with E-state index in [0.29, 0.717) is 5.82 Å². The zero-order chi connectivity index (χ0) is 35.6. The molecule has 2 aliphatic heterocycles. The number of hydrogen-bond donors (Lipinski definition) is 0. The molecule has 3 heterocycles. The fraction of sp³-hybridized carbons (Fsp3) is 0.167. The molecular formula is C48H39N3O2. The van der Waals surface area contributed by atoms with Crippen LogP contribution in [0.5, 0.6) is 5.75 Å². The van der Waals surface area contributed by atoms with E-state index < -0.39 is 5.60 Å². The molecule has 1 aromatic heterocycles. The Hall–Kier alpha value is -6.04. The van der Waals surface area contributed by atoms with Crippen molar-refractivity contribution in [3.8, 4) is 39.4 Å². The van der Waals surface area contributed by atoms with Gasteiger partial charge in [-0.1, -0.05) is 141 Å². The highest BCUT2D eigenvalue weighted by atomic mass is 16.5. The Morgan fingerprint density at radius 3 is 1.92 bits per heavy atom. The lowest BCUT2D eigenvalue weighted by Gasteiger charge is -2.37.